The van der Waals surface area contributed by atoms with Crippen molar-refractivity contribution in [3.05, 3.63) is 66.2 Å². The molecule has 2 aromatic rings. The molecule has 1 aliphatic heterocycles. The monoisotopic (exact) mass is 351 g/mol. The first-order valence-corrected chi connectivity index (χ1v) is 8.51. The second kappa shape index (κ2) is 7.00. The van der Waals surface area contributed by atoms with Crippen LogP contribution in [0.5, 0.6) is 0 Å². The van der Waals surface area contributed by atoms with E-state index in [-0.39, 0.29) is 12.5 Å². The lowest BCUT2D eigenvalue weighted by Crippen LogP contribution is -2.45. The molecular weight excluding hydrogens is 330 g/mol. The third kappa shape index (κ3) is 2.94. The van der Waals surface area contributed by atoms with Crippen LogP contribution < -0.4 is 10.2 Å². The van der Waals surface area contributed by atoms with Crippen LogP contribution in [0.2, 0.25) is 0 Å². The minimum absolute atomic E-state index is 0.301. The molecule has 2 aromatic carbocycles. The molecule has 6 nitrogen and oxygen atoms in total. The highest BCUT2D eigenvalue weighted by Crippen LogP contribution is 2.32. The van der Waals surface area contributed by atoms with Crippen molar-refractivity contribution in [1.82, 2.24) is 10.2 Å². The number of carbonyl (C=O) groups excluding carboxylic acids is 3. The molecule has 1 saturated heterocycles. The summed E-state index contributed by atoms with van der Waals surface area (Å²) in [5.41, 5.74) is 0.297. The summed E-state index contributed by atoms with van der Waals surface area (Å²) in [6.45, 7) is 1.54. The molecule has 26 heavy (non-hydrogen) atoms. The van der Waals surface area contributed by atoms with Crippen molar-refractivity contribution in [2.75, 3.05) is 18.5 Å². The molecular formula is C20H21N3O3. The van der Waals surface area contributed by atoms with E-state index in [9.17, 15) is 14.4 Å². The summed E-state index contributed by atoms with van der Waals surface area (Å²) in [6.07, 6.45) is 0.404. The normalized spacial score (nSPS) is 19.4. The molecule has 0 radical (unpaired) electrons. The molecule has 4 amide bonds. The number of nitrogens with one attached hydrogen (secondary N) is 1. The van der Waals surface area contributed by atoms with Crippen molar-refractivity contribution in [3.8, 4) is 0 Å². The maximum absolute atomic E-state index is 13.0. The Hall–Kier alpha value is -3.15. The van der Waals surface area contributed by atoms with Crippen LogP contribution >= 0.6 is 0 Å². The van der Waals surface area contributed by atoms with Gasteiger partial charge >= 0.3 is 6.03 Å². The predicted octanol–water partition coefficient (Wildman–Crippen LogP) is 2.51. The summed E-state index contributed by atoms with van der Waals surface area (Å²) in [5, 5.41) is 2.78. The standard InChI is InChI=1S/C20H21N3O3/c1-3-20(15-10-6-4-7-11-15)18(25)23(19(26)21-20)14-17(24)22(2)16-12-8-5-9-13-16/h4-13H,3,14H2,1-2H3,(H,21,26)/t20-/m0/s1. The summed E-state index contributed by atoms with van der Waals surface area (Å²) < 4.78 is 0. The van der Waals surface area contributed by atoms with E-state index in [0.29, 0.717) is 17.7 Å². The maximum Gasteiger partial charge on any atom is 0.325 e. The maximum atomic E-state index is 13.0. The Balaban J connectivity index is 1.82. The highest BCUT2D eigenvalue weighted by Gasteiger charge is 2.51. The van der Waals surface area contributed by atoms with Gasteiger partial charge in [0.25, 0.3) is 5.91 Å². The van der Waals surface area contributed by atoms with Gasteiger partial charge in [0.05, 0.1) is 0 Å². The van der Waals surface area contributed by atoms with Gasteiger partial charge in [0.15, 0.2) is 0 Å². The summed E-state index contributed by atoms with van der Waals surface area (Å²) in [7, 11) is 1.63. The van der Waals surface area contributed by atoms with Gasteiger partial charge in [0.2, 0.25) is 5.91 Å². The molecule has 0 unspecified atom stereocenters. The van der Waals surface area contributed by atoms with Gasteiger partial charge in [-0.25, -0.2) is 4.79 Å². The van der Waals surface area contributed by atoms with E-state index in [2.05, 4.69) is 5.32 Å². The topological polar surface area (TPSA) is 69.7 Å². The van der Waals surface area contributed by atoms with Crippen LogP contribution in [-0.4, -0.2) is 36.3 Å². The first kappa shape index (κ1) is 17.7. The quantitative estimate of drug-likeness (QED) is 0.842. The van der Waals surface area contributed by atoms with E-state index in [1.165, 1.54) is 4.90 Å². The minimum atomic E-state index is -1.12. The molecule has 0 aromatic heterocycles. The van der Waals surface area contributed by atoms with Crippen molar-refractivity contribution in [2.24, 2.45) is 0 Å². The van der Waals surface area contributed by atoms with Crippen LogP contribution in [0.4, 0.5) is 10.5 Å². The van der Waals surface area contributed by atoms with Crippen LogP contribution in [0.15, 0.2) is 60.7 Å². The van der Waals surface area contributed by atoms with Crippen LogP contribution in [0, 0.1) is 0 Å². The number of benzene rings is 2. The van der Waals surface area contributed by atoms with Crippen molar-refractivity contribution < 1.29 is 14.4 Å². The summed E-state index contributed by atoms with van der Waals surface area (Å²) >= 11 is 0. The van der Waals surface area contributed by atoms with Crippen LogP contribution in [0.3, 0.4) is 0 Å². The smallest absolute Gasteiger partial charge is 0.319 e. The molecule has 0 bridgehead atoms. The second-order valence-electron chi connectivity index (χ2n) is 6.23. The molecule has 134 valence electrons. The van der Waals surface area contributed by atoms with Gasteiger partial charge in [-0.3, -0.25) is 14.5 Å². The molecule has 0 aliphatic carbocycles. The zero-order valence-electron chi connectivity index (χ0n) is 14.8. The van der Waals surface area contributed by atoms with Crippen molar-refractivity contribution in [2.45, 2.75) is 18.9 Å². The Morgan fingerprint density at radius 3 is 2.19 bits per heavy atom. The van der Waals surface area contributed by atoms with Crippen molar-refractivity contribution >= 4 is 23.5 Å². The largest absolute Gasteiger partial charge is 0.325 e. The number of imide groups is 1. The molecule has 1 fully saturated rings. The number of carbonyl (C=O) groups is 3. The van der Waals surface area contributed by atoms with Gasteiger partial charge in [-0.15, -0.1) is 0 Å². The van der Waals surface area contributed by atoms with Gasteiger partial charge in [0, 0.05) is 12.7 Å². The van der Waals surface area contributed by atoms with Gasteiger partial charge < -0.3 is 10.2 Å². The molecule has 6 heteroatoms. The number of para-hydroxylation sites is 1. The average Bonchev–Trinajstić information content (AvgIpc) is 2.93. The van der Waals surface area contributed by atoms with Crippen LogP contribution in [0.1, 0.15) is 18.9 Å². The first-order chi connectivity index (χ1) is 12.5. The third-order valence-corrected chi connectivity index (χ3v) is 4.78. The molecule has 1 N–H and O–H groups in total. The van der Waals surface area contributed by atoms with E-state index in [4.69, 9.17) is 0 Å². The Kier molecular flexibility index (Phi) is 4.75. The summed E-state index contributed by atoms with van der Waals surface area (Å²) in [6, 6.07) is 17.7. The Morgan fingerprint density at radius 2 is 1.62 bits per heavy atom. The lowest BCUT2D eigenvalue weighted by atomic mass is 9.87. The van der Waals surface area contributed by atoms with E-state index in [1.807, 2.05) is 55.5 Å². The highest BCUT2D eigenvalue weighted by atomic mass is 16.2. The highest BCUT2D eigenvalue weighted by molar-refractivity contribution is 6.10. The fraction of sp³-hybridized carbons (Fsp3) is 0.250. The molecule has 0 spiro atoms. The fourth-order valence-electron chi connectivity index (χ4n) is 3.17. The molecule has 3 rings (SSSR count). The molecule has 0 saturated carbocycles. The predicted molar refractivity (Wildman–Crippen MR) is 98.5 cm³/mol. The first-order valence-electron chi connectivity index (χ1n) is 8.51. The van der Waals surface area contributed by atoms with Crippen LogP contribution in [-0.2, 0) is 15.1 Å². The number of rotatable bonds is 5. The van der Waals surface area contributed by atoms with Crippen molar-refractivity contribution in [3.63, 3.8) is 0 Å². The van der Waals surface area contributed by atoms with Gasteiger partial charge in [0.1, 0.15) is 12.1 Å². The number of hydrogen-bond acceptors (Lipinski definition) is 3. The van der Waals surface area contributed by atoms with E-state index < -0.39 is 17.5 Å². The lowest BCUT2D eigenvalue weighted by Gasteiger charge is -2.26. The van der Waals surface area contributed by atoms with Crippen molar-refractivity contribution in [1.29, 1.82) is 0 Å². The zero-order valence-corrected chi connectivity index (χ0v) is 14.8. The third-order valence-electron chi connectivity index (χ3n) is 4.78. The van der Waals surface area contributed by atoms with Gasteiger partial charge in [-0.05, 0) is 24.1 Å². The number of anilines is 1. The second-order valence-corrected chi connectivity index (χ2v) is 6.23. The Labute approximate surface area is 152 Å². The lowest BCUT2D eigenvalue weighted by molar-refractivity contribution is -0.134. The van der Waals surface area contributed by atoms with Gasteiger partial charge in [-0.1, -0.05) is 55.5 Å². The summed E-state index contributed by atoms with van der Waals surface area (Å²) in [4.78, 5) is 40.5. The molecule has 1 atom stereocenters. The summed E-state index contributed by atoms with van der Waals surface area (Å²) in [5.74, 6) is -0.731. The number of likely N-dealkylation sites (N-methyl/N-ethyl adjacent to an activating group) is 1. The number of urea groups is 1. The van der Waals surface area contributed by atoms with E-state index in [0.717, 1.165) is 4.90 Å². The Bertz CT molecular complexity index is 823. The average molecular weight is 351 g/mol. The Morgan fingerprint density at radius 1 is 1.04 bits per heavy atom. The van der Waals surface area contributed by atoms with Gasteiger partial charge in [-0.2, -0.15) is 0 Å². The zero-order chi connectivity index (χ0) is 18.7. The molecule has 1 aliphatic rings. The minimum Gasteiger partial charge on any atom is -0.319 e. The van der Waals surface area contributed by atoms with E-state index in [1.54, 1.807) is 19.2 Å². The molecule has 1 heterocycles. The number of nitrogens with zero attached hydrogens (tertiary/aromatic N) is 2. The van der Waals surface area contributed by atoms with Crippen LogP contribution in [0.25, 0.3) is 0 Å². The SMILES string of the molecule is CC[C@@]1(c2ccccc2)NC(=O)N(CC(=O)N(C)c2ccccc2)C1=O. The number of hydrogen-bond donors (Lipinski definition) is 1. The van der Waals surface area contributed by atoms with E-state index >= 15 is 0 Å². The fourth-order valence-corrected chi connectivity index (χ4v) is 3.17. The number of amides is 4.